The highest BCUT2D eigenvalue weighted by Gasteiger charge is 2.12. The van der Waals surface area contributed by atoms with Gasteiger partial charge in [0.1, 0.15) is 17.4 Å². The molecule has 0 bridgehead atoms. The number of aromatic nitrogens is 1. The molecule has 0 saturated heterocycles. The second-order valence-corrected chi connectivity index (χ2v) is 8.11. The average Bonchev–Trinajstić information content (AvgIpc) is 3.17. The van der Waals surface area contributed by atoms with Crippen molar-refractivity contribution in [3.05, 3.63) is 80.3 Å². The maximum Gasteiger partial charge on any atom is 0.268 e. The fourth-order valence-electron chi connectivity index (χ4n) is 2.60. The third kappa shape index (κ3) is 5.83. The first kappa shape index (κ1) is 21.8. The number of benzene rings is 2. The van der Waals surface area contributed by atoms with E-state index in [1.165, 1.54) is 17.4 Å². The van der Waals surface area contributed by atoms with Crippen LogP contribution in [0.3, 0.4) is 0 Å². The molecule has 3 aromatic rings. The van der Waals surface area contributed by atoms with Gasteiger partial charge in [-0.15, -0.1) is 11.3 Å². The monoisotopic (exact) mass is 457 g/mol. The summed E-state index contributed by atoms with van der Waals surface area (Å²) in [6.07, 6.45) is 3.82. The molecule has 0 unspecified atom stereocenters. The summed E-state index contributed by atoms with van der Waals surface area (Å²) in [4.78, 5) is 17.6. The molecular weight excluding hydrogens is 441 g/mol. The van der Waals surface area contributed by atoms with Crippen LogP contribution in [0, 0.1) is 11.3 Å². The minimum atomic E-state index is -0.512. The van der Waals surface area contributed by atoms with Crippen molar-refractivity contribution in [1.29, 1.82) is 5.26 Å². The summed E-state index contributed by atoms with van der Waals surface area (Å²) in [6, 6.07) is 14.5. The molecule has 5 nitrogen and oxygen atoms in total. The Morgan fingerprint density at radius 1 is 1.23 bits per heavy atom. The van der Waals surface area contributed by atoms with Gasteiger partial charge in [0.2, 0.25) is 0 Å². The Balaban J connectivity index is 1.67. The number of thiazole rings is 1. The number of carbonyl (C=O) groups is 1. The predicted octanol–water partition coefficient (Wildman–Crippen LogP) is 5.99. The van der Waals surface area contributed by atoms with Gasteiger partial charge in [-0.3, -0.25) is 10.1 Å². The third-order valence-electron chi connectivity index (χ3n) is 4.00. The van der Waals surface area contributed by atoms with Crippen LogP contribution in [-0.2, 0) is 11.2 Å². The van der Waals surface area contributed by atoms with Gasteiger partial charge in [-0.05, 0) is 48.4 Å². The summed E-state index contributed by atoms with van der Waals surface area (Å²) in [5, 5.41) is 13.5. The number of amides is 1. The van der Waals surface area contributed by atoms with Crippen LogP contribution >= 0.6 is 34.5 Å². The molecule has 1 aromatic heterocycles. The molecule has 1 amide bonds. The van der Waals surface area contributed by atoms with Crippen LogP contribution < -0.4 is 10.1 Å². The van der Waals surface area contributed by atoms with Gasteiger partial charge in [0.25, 0.3) is 5.91 Å². The number of anilines is 1. The molecule has 3 rings (SSSR count). The third-order valence-corrected chi connectivity index (χ3v) is 5.66. The van der Waals surface area contributed by atoms with Crippen LogP contribution in [0.2, 0.25) is 10.0 Å². The van der Waals surface area contributed by atoms with E-state index in [2.05, 4.69) is 10.3 Å². The van der Waals surface area contributed by atoms with Crippen molar-refractivity contribution in [2.75, 3.05) is 11.9 Å². The van der Waals surface area contributed by atoms with Crippen LogP contribution in [0.5, 0.6) is 5.75 Å². The summed E-state index contributed by atoms with van der Waals surface area (Å²) in [6.45, 7) is 2.47. The highest BCUT2D eigenvalue weighted by molar-refractivity contribution is 7.15. The van der Waals surface area contributed by atoms with E-state index >= 15 is 0 Å². The number of hydrogen-bond acceptors (Lipinski definition) is 5. The smallest absolute Gasteiger partial charge is 0.268 e. The number of ether oxygens (including phenoxy) is 1. The molecule has 0 aliphatic heterocycles. The van der Waals surface area contributed by atoms with Gasteiger partial charge in [0, 0.05) is 17.5 Å². The lowest BCUT2D eigenvalue weighted by molar-refractivity contribution is -0.112. The fourth-order valence-corrected chi connectivity index (χ4v) is 3.77. The number of rotatable bonds is 7. The first-order chi connectivity index (χ1) is 14.5. The first-order valence-corrected chi connectivity index (χ1v) is 10.6. The largest absolute Gasteiger partial charge is 0.494 e. The molecule has 0 aliphatic rings. The standard InChI is InChI=1S/C22H17Cl2N3O2S/c1-2-29-17-6-3-14(4-7-17)9-16(12-25)21(28)27-22-26-13-18(30-22)10-15-5-8-19(23)20(24)11-15/h3-9,11,13H,2,10H2,1H3,(H,26,27,28). The Kier molecular flexibility index (Phi) is 7.47. The van der Waals surface area contributed by atoms with Gasteiger partial charge in [-0.1, -0.05) is 41.4 Å². The normalized spacial score (nSPS) is 11.1. The van der Waals surface area contributed by atoms with Gasteiger partial charge in [0.05, 0.1) is 16.7 Å². The van der Waals surface area contributed by atoms with Crippen LogP contribution in [-0.4, -0.2) is 17.5 Å². The van der Waals surface area contributed by atoms with E-state index in [0.717, 1.165) is 21.8 Å². The first-order valence-electron chi connectivity index (χ1n) is 9.03. The maximum absolute atomic E-state index is 12.5. The summed E-state index contributed by atoms with van der Waals surface area (Å²) in [5.41, 5.74) is 1.70. The quantitative estimate of drug-likeness (QED) is 0.349. The molecule has 0 saturated carbocycles. The summed E-state index contributed by atoms with van der Waals surface area (Å²) >= 11 is 13.3. The molecule has 0 aliphatic carbocycles. The second-order valence-electron chi connectivity index (χ2n) is 6.18. The van der Waals surface area contributed by atoms with Crippen LogP contribution in [0.25, 0.3) is 6.08 Å². The highest BCUT2D eigenvalue weighted by Crippen LogP contribution is 2.26. The van der Waals surface area contributed by atoms with Gasteiger partial charge in [-0.25, -0.2) is 4.98 Å². The predicted molar refractivity (Wildman–Crippen MR) is 121 cm³/mol. The molecule has 0 radical (unpaired) electrons. The molecule has 0 fully saturated rings. The molecule has 2 aromatic carbocycles. The van der Waals surface area contributed by atoms with E-state index in [0.29, 0.717) is 28.2 Å². The van der Waals surface area contributed by atoms with Gasteiger partial charge in [0.15, 0.2) is 5.13 Å². The van der Waals surface area contributed by atoms with E-state index in [1.54, 1.807) is 42.6 Å². The number of nitrogens with zero attached hydrogens (tertiary/aromatic N) is 2. The van der Waals surface area contributed by atoms with E-state index in [-0.39, 0.29) is 5.57 Å². The van der Waals surface area contributed by atoms with Crippen molar-refractivity contribution in [2.24, 2.45) is 0 Å². The van der Waals surface area contributed by atoms with Crippen molar-refractivity contribution in [2.45, 2.75) is 13.3 Å². The van der Waals surface area contributed by atoms with Gasteiger partial charge in [-0.2, -0.15) is 5.26 Å². The lowest BCUT2D eigenvalue weighted by Crippen LogP contribution is -2.13. The lowest BCUT2D eigenvalue weighted by atomic mass is 10.1. The minimum absolute atomic E-state index is 0.0135. The Hall–Kier alpha value is -2.85. The van der Waals surface area contributed by atoms with E-state index in [9.17, 15) is 10.1 Å². The van der Waals surface area contributed by atoms with Crippen LogP contribution in [0.4, 0.5) is 5.13 Å². The molecule has 0 spiro atoms. The Morgan fingerprint density at radius 3 is 2.67 bits per heavy atom. The molecule has 1 N–H and O–H groups in total. The highest BCUT2D eigenvalue weighted by atomic mass is 35.5. The van der Waals surface area contributed by atoms with E-state index < -0.39 is 5.91 Å². The minimum Gasteiger partial charge on any atom is -0.494 e. The summed E-state index contributed by atoms with van der Waals surface area (Å²) < 4.78 is 5.39. The summed E-state index contributed by atoms with van der Waals surface area (Å²) in [5.74, 6) is 0.219. The number of carbonyl (C=O) groups excluding carboxylic acids is 1. The lowest BCUT2D eigenvalue weighted by Gasteiger charge is -2.03. The molecule has 152 valence electrons. The van der Waals surface area contributed by atoms with Gasteiger partial charge < -0.3 is 4.74 Å². The number of nitrogens with one attached hydrogen (secondary N) is 1. The summed E-state index contributed by atoms with van der Waals surface area (Å²) in [7, 11) is 0. The van der Waals surface area contributed by atoms with Crippen molar-refractivity contribution < 1.29 is 9.53 Å². The molecule has 1 heterocycles. The molecular formula is C22H17Cl2N3O2S. The van der Waals surface area contributed by atoms with Crippen LogP contribution in [0.1, 0.15) is 22.9 Å². The Labute approximate surface area is 188 Å². The van der Waals surface area contributed by atoms with Gasteiger partial charge >= 0.3 is 0 Å². The SMILES string of the molecule is CCOc1ccc(C=C(C#N)C(=O)Nc2ncc(Cc3ccc(Cl)c(Cl)c3)s2)cc1. The number of hydrogen-bond donors (Lipinski definition) is 1. The number of halogens is 2. The molecule has 8 heteroatoms. The second kappa shape index (κ2) is 10.3. The zero-order chi connectivity index (χ0) is 21.5. The average molecular weight is 458 g/mol. The number of nitriles is 1. The zero-order valence-electron chi connectivity index (χ0n) is 16.0. The fraction of sp³-hybridized carbons (Fsp3) is 0.136. The molecule has 30 heavy (non-hydrogen) atoms. The van der Waals surface area contributed by atoms with Crippen LogP contribution in [0.15, 0.2) is 54.2 Å². The molecule has 0 atom stereocenters. The van der Waals surface area contributed by atoms with Crippen molar-refractivity contribution >= 4 is 51.7 Å². The topological polar surface area (TPSA) is 75.0 Å². The van der Waals surface area contributed by atoms with Crippen molar-refractivity contribution in [3.63, 3.8) is 0 Å². The maximum atomic E-state index is 12.5. The zero-order valence-corrected chi connectivity index (χ0v) is 18.3. The Morgan fingerprint density at radius 2 is 2.00 bits per heavy atom. The van der Waals surface area contributed by atoms with E-state index in [4.69, 9.17) is 27.9 Å². The van der Waals surface area contributed by atoms with E-state index in [1.807, 2.05) is 19.1 Å². The Bertz CT molecular complexity index is 1120. The van der Waals surface area contributed by atoms with Crippen molar-refractivity contribution in [3.8, 4) is 11.8 Å². The van der Waals surface area contributed by atoms with Crippen molar-refractivity contribution in [1.82, 2.24) is 4.98 Å².